The number of likely N-dealkylation sites (tertiary alicyclic amines) is 1. The third-order valence-electron chi connectivity index (χ3n) is 7.45. The van der Waals surface area contributed by atoms with Gasteiger partial charge in [0, 0.05) is 50.5 Å². The molecule has 1 aliphatic carbocycles. The van der Waals surface area contributed by atoms with Gasteiger partial charge in [0.25, 0.3) is 11.8 Å². The Balaban J connectivity index is 1.28. The highest BCUT2D eigenvalue weighted by atomic mass is 19.3. The summed E-state index contributed by atoms with van der Waals surface area (Å²) in [5.74, 6) is -2.86. The van der Waals surface area contributed by atoms with Gasteiger partial charge in [-0.1, -0.05) is 6.42 Å². The zero-order chi connectivity index (χ0) is 23.2. The van der Waals surface area contributed by atoms with Gasteiger partial charge in [-0.2, -0.15) is 0 Å². The summed E-state index contributed by atoms with van der Waals surface area (Å²) in [6.45, 7) is 1.07. The molecular formula is C24H29F2N3O4. The monoisotopic (exact) mass is 461 g/mol. The maximum atomic E-state index is 13.6. The Hall–Kier alpha value is -2.55. The Bertz CT molecular complexity index is 959. The summed E-state index contributed by atoms with van der Waals surface area (Å²) in [4.78, 5) is 40.3. The summed E-state index contributed by atoms with van der Waals surface area (Å²) in [5, 5.41) is 2.31. The number of imide groups is 1. The second-order valence-electron chi connectivity index (χ2n) is 9.62. The molecule has 3 amide bonds. The van der Waals surface area contributed by atoms with Gasteiger partial charge < -0.3 is 9.64 Å². The first kappa shape index (κ1) is 22.3. The molecule has 0 bridgehead atoms. The lowest BCUT2D eigenvalue weighted by atomic mass is 9.89. The lowest BCUT2D eigenvalue weighted by Gasteiger charge is -2.43. The Kier molecular flexibility index (Phi) is 5.84. The van der Waals surface area contributed by atoms with Crippen LogP contribution in [0, 0.1) is 0 Å². The topological polar surface area (TPSA) is 79.0 Å². The van der Waals surface area contributed by atoms with Crippen molar-refractivity contribution in [1.29, 1.82) is 0 Å². The van der Waals surface area contributed by atoms with E-state index in [4.69, 9.17) is 4.74 Å². The number of benzene rings is 1. The van der Waals surface area contributed by atoms with Gasteiger partial charge in [0.2, 0.25) is 11.8 Å². The Morgan fingerprint density at radius 1 is 1.03 bits per heavy atom. The summed E-state index contributed by atoms with van der Waals surface area (Å²) in [6.07, 6.45) is 4.17. The number of nitrogens with one attached hydrogen (secondary N) is 1. The second-order valence-corrected chi connectivity index (χ2v) is 9.62. The van der Waals surface area contributed by atoms with E-state index in [2.05, 4.69) is 10.2 Å². The minimum atomic E-state index is -2.57. The van der Waals surface area contributed by atoms with Crippen LogP contribution in [0.4, 0.5) is 8.78 Å². The largest absolute Gasteiger partial charge is 0.489 e. The van der Waals surface area contributed by atoms with Gasteiger partial charge in [-0.05, 0) is 49.4 Å². The fourth-order valence-electron chi connectivity index (χ4n) is 5.61. The lowest BCUT2D eigenvalue weighted by molar-refractivity contribution is -0.136. The van der Waals surface area contributed by atoms with E-state index in [1.807, 2.05) is 6.07 Å². The molecule has 5 rings (SSSR count). The van der Waals surface area contributed by atoms with E-state index in [9.17, 15) is 23.2 Å². The van der Waals surface area contributed by atoms with Crippen molar-refractivity contribution in [3.8, 4) is 5.75 Å². The minimum absolute atomic E-state index is 0.0770. The average molecular weight is 462 g/mol. The maximum absolute atomic E-state index is 13.6. The van der Waals surface area contributed by atoms with Crippen LogP contribution in [-0.4, -0.2) is 64.7 Å². The quantitative estimate of drug-likeness (QED) is 0.698. The van der Waals surface area contributed by atoms with E-state index < -0.39 is 17.9 Å². The molecule has 3 aliphatic heterocycles. The number of fused-ring (bicyclic) bond motifs is 1. The summed E-state index contributed by atoms with van der Waals surface area (Å²) >= 11 is 0. The molecule has 1 aromatic rings. The van der Waals surface area contributed by atoms with Gasteiger partial charge in [-0.15, -0.1) is 0 Å². The fraction of sp³-hybridized carbons (Fsp3) is 0.625. The summed E-state index contributed by atoms with van der Waals surface area (Å²) in [6, 6.07) is 4.84. The molecule has 1 aromatic carbocycles. The molecule has 4 aliphatic rings. The second kappa shape index (κ2) is 8.66. The molecule has 0 radical (unpaired) electrons. The third kappa shape index (κ3) is 4.47. The molecule has 7 nitrogen and oxygen atoms in total. The van der Waals surface area contributed by atoms with Crippen molar-refractivity contribution >= 4 is 17.7 Å². The molecule has 3 fully saturated rings. The number of piperidine rings is 2. The van der Waals surface area contributed by atoms with Crippen LogP contribution < -0.4 is 10.1 Å². The predicted octanol–water partition coefficient (Wildman–Crippen LogP) is 2.87. The molecule has 2 saturated heterocycles. The number of hydrogen-bond donors (Lipinski definition) is 1. The van der Waals surface area contributed by atoms with Crippen LogP contribution in [0.5, 0.6) is 5.75 Å². The van der Waals surface area contributed by atoms with E-state index in [1.54, 1.807) is 12.1 Å². The number of rotatable bonds is 4. The van der Waals surface area contributed by atoms with Crippen molar-refractivity contribution in [2.24, 2.45) is 0 Å². The van der Waals surface area contributed by atoms with Crippen LogP contribution in [0.25, 0.3) is 0 Å². The lowest BCUT2D eigenvalue weighted by Crippen LogP contribution is -2.52. The molecule has 0 unspecified atom stereocenters. The summed E-state index contributed by atoms with van der Waals surface area (Å²) < 4.78 is 33.6. The van der Waals surface area contributed by atoms with E-state index in [0.29, 0.717) is 37.4 Å². The van der Waals surface area contributed by atoms with E-state index in [-0.39, 0.29) is 43.2 Å². The molecule has 3 atom stereocenters. The number of hydrogen-bond acceptors (Lipinski definition) is 5. The molecular weight excluding hydrogens is 432 g/mol. The molecule has 9 heteroatoms. The van der Waals surface area contributed by atoms with Crippen molar-refractivity contribution in [2.75, 3.05) is 13.1 Å². The molecule has 0 aromatic heterocycles. The Labute approximate surface area is 191 Å². The zero-order valence-corrected chi connectivity index (χ0v) is 18.5. The molecule has 178 valence electrons. The highest BCUT2D eigenvalue weighted by Gasteiger charge is 2.41. The van der Waals surface area contributed by atoms with Gasteiger partial charge in [0.15, 0.2) is 0 Å². The Morgan fingerprint density at radius 2 is 1.79 bits per heavy atom. The third-order valence-corrected chi connectivity index (χ3v) is 7.45. The molecule has 33 heavy (non-hydrogen) atoms. The van der Waals surface area contributed by atoms with Crippen molar-refractivity contribution in [3.63, 3.8) is 0 Å². The number of carbonyl (C=O) groups is 3. The molecule has 0 spiro atoms. The van der Waals surface area contributed by atoms with Crippen LogP contribution in [-0.2, 0) is 16.1 Å². The first-order valence-electron chi connectivity index (χ1n) is 11.9. The number of ether oxygens (including phenoxy) is 1. The van der Waals surface area contributed by atoms with Gasteiger partial charge in [0.05, 0.1) is 0 Å². The van der Waals surface area contributed by atoms with Crippen molar-refractivity contribution < 1.29 is 27.9 Å². The van der Waals surface area contributed by atoms with E-state index in [1.165, 1.54) is 4.90 Å². The highest BCUT2D eigenvalue weighted by molar-refractivity contribution is 6.05. The van der Waals surface area contributed by atoms with Gasteiger partial charge in [-0.25, -0.2) is 8.78 Å². The van der Waals surface area contributed by atoms with Gasteiger partial charge >= 0.3 is 0 Å². The minimum Gasteiger partial charge on any atom is -0.489 e. The molecule has 1 N–H and O–H groups in total. The number of carbonyl (C=O) groups excluding carboxylic acids is 3. The molecule has 3 heterocycles. The normalized spacial score (nSPS) is 30.2. The summed E-state index contributed by atoms with van der Waals surface area (Å²) in [7, 11) is 0. The van der Waals surface area contributed by atoms with Crippen molar-refractivity contribution in [3.05, 3.63) is 29.3 Å². The van der Waals surface area contributed by atoms with Crippen LogP contribution >= 0.6 is 0 Å². The van der Waals surface area contributed by atoms with Crippen molar-refractivity contribution in [1.82, 2.24) is 15.1 Å². The number of amides is 3. The maximum Gasteiger partial charge on any atom is 0.255 e. The smallest absolute Gasteiger partial charge is 0.255 e. The first-order chi connectivity index (χ1) is 15.8. The first-order valence-corrected chi connectivity index (χ1v) is 11.9. The molecule has 1 saturated carbocycles. The van der Waals surface area contributed by atoms with Crippen LogP contribution in [0.2, 0.25) is 0 Å². The van der Waals surface area contributed by atoms with Crippen LogP contribution in [0.15, 0.2) is 18.2 Å². The standard InChI is InChI=1S/C24H29F2N3O4/c25-24(26)9-11-28(12-10-24)18-3-1-2-4-20(18)33-16-5-6-17-15(13-16)14-29(23(17)32)19-7-8-21(30)27-22(19)31/h5-6,13,18-20H,1-4,7-12,14H2,(H,27,30,31)/t18-,19-,20-/m0/s1. The van der Waals surface area contributed by atoms with Gasteiger partial charge in [-0.3, -0.25) is 24.6 Å². The van der Waals surface area contributed by atoms with Crippen LogP contribution in [0.1, 0.15) is 67.3 Å². The van der Waals surface area contributed by atoms with E-state index >= 15 is 0 Å². The van der Waals surface area contributed by atoms with Crippen molar-refractivity contribution in [2.45, 2.75) is 82.0 Å². The highest BCUT2D eigenvalue weighted by Crippen LogP contribution is 2.35. The fourth-order valence-corrected chi connectivity index (χ4v) is 5.61. The number of halogens is 2. The number of nitrogens with zero attached hydrogens (tertiary/aromatic N) is 2. The zero-order valence-electron chi connectivity index (χ0n) is 18.5. The van der Waals surface area contributed by atoms with E-state index in [0.717, 1.165) is 31.2 Å². The average Bonchev–Trinajstić information content (AvgIpc) is 3.10. The Morgan fingerprint density at radius 3 is 2.55 bits per heavy atom. The predicted molar refractivity (Wildman–Crippen MR) is 115 cm³/mol. The summed E-state index contributed by atoms with van der Waals surface area (Å²) in [5.41, 5.74) is 1.35. The van der Waals surface area contributed by atoms with Crippen LogP contribution in [0.3, 0.4) is 0 Å². The van der Waals surface area contributed by atoms with Gasteiger partial charge in [0.1, 0.15) is 17.9 Å². The number of alkyl halides is 2. The SMILES string of the molecule is O=C1CC[C@H](N2Cc3cc(O[C@H]4CCCC[C@@H]4N4CCC(F)(F)CC4)ccc3C2=O)C(=O)N1.